The highest BCUT2D eigenvalue weighted by Gasteiger charge is 2.29. The second-order valence-electron chi connectivity index (χ2n) is 3.99. The predicted octanol–water partition coefficient (Wildman–Crippen LogP) is -0.121. The lowest BCUT2D eigenvalue weighted by molar-refractivity contribution is -0.154. The largest absolute Gasteiger partial charge is 0.479 e. The molecule has 1 fully saturated rings. The fourth-order valence-electron chi connectivity index (χ4n) is 1.73. The number of amides is 1. The van der Waals surface area contributed by atoms with Crippen LogP contribution in [0.25, 0.3) is 0 Å². The van der Waals surface area contributed by atoms with Crippen LogP contribution in [0, 0.1) is 11.3 Å². The maximum Gasteiger partial charge on any atom is 0.334 e. The molecule has 98 valence electrons. The van der Waals surface area contributed by atoms with Crippen LogP contribution in [-0.2, 0) is 9.53 Å². The quantitative estimate of drug-likeness (QED) is 0.795. The van der Waals surface area contributed by atoms with Crippen LogP contribution < -0.4 is 0 Å². The molecule has 19 heavy (non-hydrogen) atoms. The first kappa shape index (κ1) is 13.0. The first-order valence-corrected chi connectivity index (χ1v) is 5.61. The number of nitriles is 1. The molecule has 0 aliphatic carbocycles. The Morgan fingerprint density at radius 3 is 2.89 bits per heavy atom. The van der Waals surface area contributed by atoms with Gasteiger partial charge in [0.2, 0.25) is 0 Å². The second kappa shape index (κ2) is 5.46. The summed E-state index contributed by atoms with van der Waals surface area (Å²) in [6, 6.07) is 4.86. The number of pyridine rings is 1. The number of hydrogen-bond donors (Lipinski definition) is 1. The van der Waals surface area contributed by atoms with Crippen molar-refractivity contribution in [3.8, 4) is 6.07 Å². The zero-order valence-electron chi connectivity index (χ0n) is 9.94. The Morgan fingerprint density at radius 1 is 1.53 bits per heavy atom. The molecule has 0 bridgehead atoms. The second-order valence-corrected chi connectivity index (χ2v) is 3.99. The molecule has 0 saturated carbocycles. The number of ether oxygens (including phenoxy) is 1. The summed E-state index contributed by atoms with van der Waals surface area (Å²) in [6.07, 6.45) is 0.304. The lowest BCUT2D eigenvalue weighted by Crippen LogP contribution is -2.48. The lowest BCUT2D eigenvalue weighted by Gasteiger charge is -2.30. The van der Waals surface area contributed by atoms with Gasteiger partial charge in [0.1, 0.15) is 11.8 Å². The third-order valence-electron chi connectivity index (χ3n) is 2.74. The smallest absolute Gasteiger partial charge is 0.334 e. The zero-order valence-corrected chi connectivity index (χ0v) is 9.94. The highest BCUT2D eigenvalue weighted by atomic mass is 16.5. The van der Waals surface area contributed by atoms with E-state index in [2.05, 4.69) is 4.98 Å². The van der Waals surface area contributed by atoms with Crippen molar-refractivity contribution in [2.24, 2.45) is 0 Å². The van der Waals surface area contributed by atoms with E-state index in [-0.39, 0.29) is 24.8 Å². The van der Waals surface area contributed by atoms with Crippen LogP contribution in [0.2, 0.25) is 0 Å². The molecule has 1 aliphatic heterocycles. The molecular formula is C12H11N3O4. The van der Waals surface area contributed by atoms with Crippen LogP contribution >= 0.6 is 0 Å². The van der Waals surface area contributed by atoms with E-state index in [9.17, 15) is 9.59 Å². The van der Waals surface area contributed by atoms with E-state index in [1.165, 1.54) is 23.2 Å². The van der Waals surface area contributed by atoms with Gasteiger partial charge >= 0.3 is 5.97 Å². The topological polar surface area (TPSA) is 104 Å². The molecule has 1 atom stereocenters. The van der Waals surface area contributed by atoms with Gasteiger partial charge in [0.15, 0.2) is 6.10 Å². The summed E-state index contributed by atoms with van der Waals surface area (Å²) in [5.41, 5.74) is 0.548. The molecule has 7 nitrogen and oxygen atoms in total. The van der Waals surface area contributed by atoms with Crippen molar-refractivity contribution in [2.75, 3.05) is 19.7 Å². The third kappa shape index (κ3) is 2.86. The van der Waals surface area contributed by atoms with Crippen molar-refractivity contribution in [3.63, 3.8) is 0 Å². The predicted molar refractivity (Wildman–Crippen MR) is 62.2 cm³/mol. The summed E-state index contributed by atoms with van der Waals surface area (Å²) in [5.74, 6) is -1.45. The van der Waals surface area contributed by atoms with Crippen LogP contribution in [0.3, 0.4) is 0 Å². The van der Waals surface area contributed by atoms with Gasteiger partial charge in [0, 0.05) is 12.7 Å². The molecule has 0 aromatic carbocycles. The van der Waals surface area contributed by atoms with Gasteiger partial charge in [-0.2, -0.15) is 5.26 Å². The summed E-state index contributed by atoms with van der Waals surface area (Å²) in [7, 11) is 0. The number of morpholine rings is 1. The molecule has 0 radical (unpaired) electrons. The molecular weight excluding hydrogens is 250 g/mol. The van der Waals surface area contributed by atoms with Crippen molar-refractivity contribution in [1.29, 1.82) is 5.26 Å². The van der Waals surface area contributed by atoms with E-state index in [1.54, 1.807) is 0 Å². The van der Waals surface area contributed by atoms with E-state index in [0.29, 0.717) is 12.1 Å². The van der Waals surface area contributed by atoms with Crippen LogP contribution in [0.4, 0.5) is 0 Å². The molecule has 1 saturated heterocycles. The van der Waals surface area contributed by atoms with Gasteiger partial charge in [-0.1, -0.05) is 0 Å². The minimum absolute atomic E-state index is 0.00412. The van der Waals surface area contributed by atoms with Gasteiger partial charge in [-0.3, -0.25) is 4.79 Å². The summed E-state index contributed by atoms with van der Waals surface area (Å²) in [6.45, 7) is 0.499. The number of aromatic nitrogens is 1. The Hall–Kier alpha value is -2.46. The molecule has 2 rings (SSSR count). The third-order valence-corrected chi connectivity index (χ3v) is 2.74. The van der Waals surface area contributed by atoms with Crippen molar-refractivity contribution in [2.45, 2.75) is 6.10 Å². The van der Waals surface area contributed by atoms with Gasteiger partial charge in [-0.15, -0.1) is 0 Å². The molecule has 1 aromatic rings. The van der Waals surface area contributed by atoms with Gasteiger partial charge in [-0.25, -0.2) is 9.78 Å². The van der Waals surface area contributed by atoms with Gasteiger partial charge in [0.25, 0.3) is 5.91 Å². The van der Waals surface area contributed by atoms with Crippen molar-refractivity contribution in [1.82, 2.24) is 9.88 Å². The summed E-state index contributed by atoms with van der Waals surface area (Å²) < 4.78 is 5.04. The van der Waals surface area contributed by atoms with E-state index in [4.69, 9.17) is 15.1 Å². The minimum Gasteiger partial charge on any atom is -0.479 e. The monoisotopic (exact) mass is 261 g/mol. The molecule has 1 aliphatic rings. The molecule has 1 amide bonds. The molecule has 1 N–H and O–H groups in total. The van der Waals surface area contributed by atoms with E-state index < -0.39 is 12.1 Å². The highest BCUT2D eigenvalue weighted by Crippen LogP contribution is 2.10. The SMILES string of the molecule is N#Cc1ccc(C(=O)N2CCOC(C(=O)O)C2)nc1. The number of carbonyl (C=O) groups excluding carboxylic acids is 1. The fourth-order valence-corrected chi connectivity index (χ4v) is 1.73. The lowest BCUT2D eigenvalue weighted by atomic mass is 10.2. The minimum atomic E-state index is -1.09. The van der Waals surface area contributed by atoms with Crippen LogP contribution in [-0.4, -0.2) is 52.7 Å². The number of nitrogens with zero attached hydrogens (tertiary/aromatic N) is 3. The number of carboxylic acids is 1. The van der Waals surface area contributed by atoms with Crippen molar-refractivity contribution < 1.29 is 19.4 Å². The number of aliphatic carboxylic acids is 1. The van der Waals surface area contributed by atoms with E-state index >= 15 is 0 Å². The number of carboxylic acid groups (broad SMARTS) is 1. The first-order valence-electron chi connectivity index (χ1n) is 5.61. The molecule has 1 aromatic heterocycles. The zero-order chi connectivity index (χ0) is 13.8. The van der Waals surface area contributed by atoms with Crippen LogP contribution in [0.5, 0.6) is 0 Å². The Balaban J connectivity index is 2.10. The fraction of sp³-hybridized carbons (Fsp3) is 0.333. The van der Waals surface area contributed by atoms with Crippen LogP contribution in [0.15, 0.2) is 18.3 Å². The molecule has 7 heteroatoms. The number of carbonyl (C=O) groups is 2. The van der Waals surface area contributed by atoms with Gasteiger partial charge in [-0.05, 0) is 12.1 Å². The molecule has 2 heterocycles. The van der Waals surface area contributed by atoms with Crippen molar-refractivity contribution in [3.05, 3.63) is 29.6 Å². The molecule has 1 unspecified atom stereocenters. The first-order chi connectivity index (χ1) is 9.11. The summed E-state index contributed by atoms with van der Waals surface area (Å²) in [4.78, 5) is 28.2. The Morgan fingerprint density at radius 2 is 2.32 bits per heavy atom. The maximum absolute atomic E-state index is 12.1. The van der Waals surface area contributed by atoms with Gasteiger partial charge in [0.05, 0.1) is 18.7 Å². The van der Waals surface area contributed by atoms with Crippen molar-refractivity contribution >= 4 is 11.9 Å². The Kier molecular flexibility index (Phi) is 3.73. The average molecular weight is 261 g/mol. The van der Waals surface area contributed by atoms with E-state index in [1.807, 2.05) is 6.07 Å². The van der Waals surface area contributed by atoms with Gasteiger partial charge < -0.3 is 14.7 Å². The Bertz CT molecular complexity index is 535. The Labute approximate surface area is 109 Å². The maximum atomic E-state index is 12.1. The average Bonchev–Trinajstić information content (AvgIpc) is 2.46. The summed E-state index contributed by atoms with van der Waals surface area (Å²) in [5, 5.41) is 17.5. The highest BCUT2D eigenvalue weighted by molar-refractivity contribution is 5.92. The molecule has 0 spiro atoms. The van der Waals surface area contributed by atoms with Crippen LogP contribution in [0.1, 0.15) is 16.1 Å². The normalized spacial score (nSPS) is 18.7. The number of rotatable bonds is 2. The number of hydrogen-bond acceptors (Lipinski definition) is 5. The van der Waals surface area contributed by atoms with E-state index in [0.717, 1.165) is 0 Å². The standard InChI is InChI=1S/C12H11N3O4/c13-5-8-1-2-9(14-6-8)11(16)15-3-4-19-10(7-15)12(17)18/h1-2,6,10H,3-4,7H2,(H,17,18). The summed E-state index contributed by atoms with van der Waals surface area (Å²) >= 11 is 0.